The Labute approximate surface area is 130 Å². The first-order chi connectivity index (χ1) is 9.69. The molecular weight excluding hydrogens is 284 g/mol. The predicted molar refractivity (Wildman–Crippen MR) is 91.6 cm³/mol. The molecule has 0 heterocycles. The van der Waals surface area contributed by atoms with Crippen LogP contribution >= 0.6 is 24.0 Å². The molecule has 0 radical (unpaired) electrons. The lowest BCUT2D eigenvalue weighted by molar-refractivity contribution is 0.439. The molecular formula is C16H22N2S2. The highest BCUT2D eigenvalue weighted by molar-refractivity contribution is 7.99. The van der Waals surface area contributed by atoms with Crippen LogP contribution in [0.25, 0.3) is 0 Å². The number of benzene rings is 1. The predicted octanol–water partition coefficient (Wildman–Crippen LogP) is 4.03. The molecule has 0 aliphatic heterocycles. The summed E-state index contributed by atoms with van der Waals surface area (Å²) in [6.07, 6.45) is 5.53. The summed E-state index contributed by atoms with van der Waals surface area (Å²) < 4.78 is 0. The fraction of sp³-hybridized carbons (Fsp3) is 0.562. The van der Waals surface area contributed by atoms with Gasteiger partial charge >= 0.3 is 0 Å². The van der Waals surface area contributed by atoms with Crippen molar-refractivity contribution >= 4 is 34.7 Å². The van der Waals surface area contributed by atoms with Crippen LogP contribution in [0, 0.1) is 11.8 Å². The molecule has 0 aromatic heterocycles. The van der Waals surface area contributed by atoms with Crippen LogP contribution in [0.3, 0.4) is 0 Å². The van der Waals surface area contributed by atoms with Crippen LogP contribution in [0.4, 0.5) is 5.69 Å². The molecule has 2 aliphatic rings. The fourth-order valence-corrected chi connectivity index (χ4v) is 4.94. The Morgan fingerprint density at radius 3 is 2.85 bits per heavy atom. The summed E-state index contributed by atoms with van der Waals surface area (Å²) in [4.78, 5) is 1.71. The van der Waals surface area contributed by atoms with Crippen molar-refractivity contribution in [1.82, 2.24) is 0 Å². The molecule has 3 atom stereocenters. The second-order valence-electron chi connectivity index (χ2n) is 5.90. The van der Waals surface area contributed by atoms with Gasteiger partial charge in [0.05, 0.1) is 0 Å². The van der Waals surface area contributed by atoms with Crippen molar-refractivity contribution in [3.05, 3.63) is 23.8 Å². The highest BCUT2D eigenvalue weighted by atomic mass is 32.2. The van der Waals surface area contributed by atoms with Gasteiger partial charge in [-0.15, -0.1) is 11.8 Å². The SMILES string of the molecule is CCSc1cccc(NC2CC3CCC2C3)c1C(N)=S. The van der Waals surface area contributed by atoms with Crippen LogP contribution in [0.15, 0.2) is 23.1 Å². The van der Waals surface area contributed by atoms with E-state index in [0.29, 0.717) is 11.0 Å². The van der Waals surface area contributed by atoms with E-state index in [1.54, 1.807) is 0 Å². The van der Waals surface area contributed by atoms with Crippen molar-refractivity contribution < 1.29 is 0 Å². The van der Waals surface area contributed by atoms with Crippen LogP contribution in [-0.4, -0.2) is 16.8 Å². The van der Waals surface area contributed by atoms with Gasteiger partial charge in [0.1, 0.15) is 4.99 Å². The molecule has 2 fully saturated rings. The summed E-state index contributed by atoms with van der Waals surface area (Å²) in [5, 5.41) is 3.74. The quantitative estimate of drug-likeness (QED) is 0.636. The minimum absolute atomic E-state index is 0.507. The number of thioether (sulfide) groups is 1. The number of anilines is 1. The molecule has 0 saturated heterocycles. The largest absolute Gasteiger partial charge is 0.389 e. The molecule has 2 nitrogen and oxygen atoms in total. The third-order valence-electron chi connectivity index (χ3n) is 4.65. The highest BCUT2D eigenvalue weighted by Gasteiger charge is 2.39. The summed E-state index contributed by atoms with van der Waals surface area (Å²) in [6.45, 7) is 2.16. The minimum atomic E-state index is 0.507. The van der Waals surface area contributed by atoms with Gasteiger partial charge in [0.15, 0.2) is 0 Å². The number of hydrogen-bond donors (Lipinski definition) is 2. The molecule has 108 valence electrons. The zero-order chi connectivity index (χ0) is 14.1. The number of hydrogen-bond acceptors (Lipinski definition) is 3. The normalized spacial score (nSPS) is 27.8. The van der Waals surface area contributed by atoms with Crippen molar-refractivity contribution in [2.45, 2.75) is 43.5 Å². The number of rotatable bonds is 5. The van der Waals surface area contributed by atoms with Crippen molar-refractivity contribution in [2.75, 3.05) is 11.1 Å². The lowest BCUT2D eigenvalue weighted by Gasteiger charge is -2.26. The molecule has 0 spiro atoms. The molecule has 2 aliphatic carbocycles. The number of thiocarbonyl (C=S) groups is 1. The zero-order valence-corrected chi connectivity index (χ0v) is 13.5. The first kappa shape index (κ1) is 14.2. The Morgan fingerprint density at radius 2 is 2.25 bits per heavy atom. The van der Waals surface area contributed by atoms with Crippen LogP contribution in [-0.2, 0) is 0 Å². The molecule has 1 aromatic rings. The first-order valence-electron chi connectivity index (χ1n) is 7.51. The van der Waals surface area contributed by atoms with Gasteiger partial charge in [-0.25, -0.2) is 0 Å². The Hall–Kier alpha value is -0.740. The Bertz CT molecular complexity index is 515. The molecule has 2 bridgehead atoms. The monoisotopic (exact) mass is 306 g/mol. The van der Waals surface area contributed by atoms with Gasteiger partial charge in [0.2, 0.25) is 0 Å². The third kappa shape index (κ3) is 2.68. The van der Waals surface area contributed by atoms with Gasteiger partial charge < -0.3 is 11.1 Å². The minimum Gasteiger partial charge on any atom is -0.389 e. The smallest absolute Gasteiger partial charge is 0.107 e. The molecule has 0 amide bonds. The molecule has 3 N–H and O–H groups in total. The summed E-state index contributed by atoms with van der Waals surface area (Å²) in [5.74, 6) is 2.83. The van der Waals surface area contributed by atoms with E-state index in [1.807, 2.05) is 11.8 Å². The maximum Gasteiger partial charge on any atom is 0.107 e. The van der Waals surface area contributed by atoms with Crippen molar-refractivity contribution in [3.63, 3.8) is 0 Å². The number of fused-ring (bicyclic) bond motifs is 2. The first-order valence-corrected chi connectivity index (χ1v) is 8.90. The lowest BCUT2D eigenvalue weighted by atomic mass is 9.95. The Morgan fingerprint density at radius 1 is 1.40 bits per heavy atom. The van der Waals surface area contributed by atoms with Crippen molar-refractivity contribution in [3.8, 4) is 0 Å². The molecule has 2 saturated carbocycles. The van der Waals surface area contributed by atoms with E-state index < -0.39 is 0 Å². The second-order valence-corrected chi connectivity index (χ2v) is 7.65. The zero-order valence-electron chi connectivity index (χ0n) is 11.9. The van der Waals surface area contributed by atoms with E-state index in [9.17, 15) is 0 Å². The maximum absolute atomic E-state index is 5.97. The van der Waals surface area contributed by atoms with E-state index >= 15 is 0 Å². The van der Waals surface area contributed by atoms with Gasteiger partial charge in [-0.3, -0.25) is 0 Å². The number of nitrogens with two attached hydrogens (primary N) is 1. The summed E-state index contributed by atoms with van der Waals surface area (Å²) in [7, 11) is 0. The van der Waals surface area contributed by atoms with E-state index in [0.717, 1.165) is 28.8 Å². The molecule has 20 heavy (non-hydrogen) atoms. The summed E-state index contributed by atoms with van der Waals surface area (Å²) >= 11 is 7.09. The Kier molecular flexibility index (Phi) is 4.22. The number of nitrogens with one attached hydrogen (secondary N) is 1. The molecule has 4 heteroatoms. The van der Waals surface area contributed by atoms with Crippen molar-refractivity contribution in [2.24, 2.45) is 17.6 Å². The van der Waals surface area contributed by atoms with Gasteiger partial charge in [0.25, 0.3) is 0 Å². The summed E-state index contributed by atoms with van der Waals surface area (Å²) in [6, 6.07) is 6.97. The van der Waals surface area contributed by atoms with E-state index in [4.69, 9.17) is 18.0 Å². The van der Waals surface area contributed by atoms with Gasteiger partial charge in [-0.2, -0.15) is 0 Å². The average Bonchev–Trinajstić information content (AvgIpc) is 3.01. The van der Waals surface area contributed by atoms with Crippen LogP contribution < -0.4 is 11.1 Å². The lowest BCUT2D eigenvalue weighted by Crippen LogP contribution is -2.27. The highest BCUT2D eigenvalue weighted by Crippen LogP contribution is 2.46. The molecule has 3 unspecified atom stereocenters. The second kappa shape index (κ2) is 5.94. The standard InChI is InChI=1S/C16H22N2S2/c1-2-20-14-5-3-4-12(15(14)16(17)19)18-13-9-10-6-7-11(13)8-10/h3-5,10-11,13,18H,2,6-9H2,1H3,(H2,17,19). The van der Waals surface area contributed by atoms with E-state index in [1.165, 1.54) is 30.6 Å². The van der Waals surface area contributed by atoms with E-state index in [-0.39, 0.29) is 0 Å². The third-order valence-corrected chi connectivity index (χ3v) is 5.80. The summed E-state index contributed by atoms with van der Waals surface area (Å²) in [5.41, 5.74) is 8.15. The van der Waals surface area contributed by atoms with Gasteiger partial charge in [0, 0.05) is 22.2 Å². The topological polar surface area (TPSA) is 38.0 Å². The van der Waals surface area contributed by atoms with Crippen LogP contribution in [0.2, 0.25) is 0 Å². The average molecular weight is 306 g/mol. The van der Waals surface area contributed by atoms with Crippen LogP contribution in [0.1, 0.15) is 38.2 Å². The van der Waals surface area contributed by atoms with E-state index in [2.05, 4.69) is 30.4 Å². The fourth-order valence-electron chi connectivity index (χ4n) is 3.80. The van der Waals surface area contributed by atoms with Crippen LogP contribution in [0.5, 0.6) is 0 Å². The maximum atomic E-state index is 5.97. The molecule has 1 aromatic carbocycles. The van der Waals surface area contributed by atoms with Gasteiger partial charge in [-0.1, -0.05) is 31.6 Å². The van der Waals surface area contributed by atoms with Crippen molar-refractivity contribution in [1.29, 1.82) is 0 Å². The Balaban J connectivity index is 1.85. The molecule has 3 rings (SSSR count). The van der Waals surface area contributed by atoms with Gasteiger partial charge in [-0.05, 0) is 49.0 Å².